The SMILES string of the molecule is CC[C@@H](C(=O)NC1CCCC1)N(Cc1cccc(C)c1)C(=O)CN(c1ccc(Cl)c(Cl)c1)S(=O)(=O)c1ccc(C)cc1. The van der Waals surface area contributed by atoms with Gasteiger partial charge >= 0.3 is 0 Å². The van der Waals surface area contributed by atoms with Crippen molar-refractivity contribution in [3.05, 3.63) is 93.5 Å². The largest absolute Gasteiger partial charge is 0.352 e. The molecule has 2 amide bonds. The second kappa shape index (κ2) is 13.9. The zero-order valence-corrected chi connectivity index (χ0v) is 26.5. The fourth-order valence-corrected chi connectivity index (χ4v) is 7.00. The zero-order chi connectivity index (χ0) is 30.4. The van der Waals surface area contributed by atoms with E-state index in [0.29, 0.717) is 6.42 Å². The van der Waals surface area contributed by atoms with Gasteiger partial charge in [-0.15, -0.1) is 0 Å². The summed E-state index contributed by atoms with van der Waals surface area (Å²) < 4.78 is 29.0. The van der Waals surface area contributed by atoms with Gasteiger partial charge in [-0.05, 0) is 69.0 Å². The van der Waals surface area contributed by atoms with Crippen molar-refractivity contribution in [1.82, 2.24) is 10.2 Å². The molecule has 3 aromatic rings. The second-order valence-corrected chi connectivity index (χ2v) is 13.5. The molecule has 1 aliphatic rings. The molecule has 224 valence electrons. The van der Waals surface area contributed by atoms with Crippen LogP contribution < -0.4 is 9.62 Å². The van der Waals surface area contributed by atoms with E-state index in [2.05, 4.69) is 5.32 Å². The highest BCUT2D eigenvalue weighted by atomic mass is 35.5. The van der Waals surface area contributed by atoms with Gasteiger partial charge in [0.15, 0.2) is 0 Å². The van der Waals surface area contributed by atoms with Crippen molar-refractivity contribution in [1.29, 1.82) is 0 Å². The molecule has 0 radical (unpaired) electrons. The summed E-state index contributed by atoms with van der Waals surface area (Å²) in [5.74, 6) is -0.737. The summed E-state index contributed by atoms with van der Waals surface area (Å²) in [7, 11) is -4.20. The quantitative estimate of drug-likeness (QED) is 0.256. The lowest BCUT2D eigenvalue weighted by Gasteiger charge is -2.34. The minimum atomic E-state index is -4.20. The van der Waals surface area contributed by atoms with Crippen LogP contribution in [-0.2, 0) is 26.2 Å². The topological polar surface area (TPSA) is 86.8 Å². The molecule has 1 fully saturated rings. The average Bonchev–Trinajstić information content (AvgIpc) is 3.46. The minimum absolute atomic E-state index is 0.0308. The Morgan fingerprint density at radius 2 is 1.62 bits per heavy atom. The van der Waals surface area contributed by atoms with Crippen LogP contribution in [0.15, 0.2) is 71.6 Å². The smallest absolute Gasteiger partial charge is 0.264 e. The van der Waals surface area contributed by atoms with Gasteiger partial charge in [0.05, 0.1) is 20.6 Å². The maximum Gasteiger partial charge on any atom is 0.264 e. The standard InChI is InChI=1S/C32H37Cl2N3O4S/c1-4-30(32(39)35-25-10-5-6-11-25)36(20-24-9-7-8-23(3)18-24)31(38)21-37(26-14-17-28(33)29(34)19-26)42(40,41)27-15-12-22(2)13-16-27/h7-9,12-19,25,30H,4-6,10-11,20-21H2,1-3H3,(H,35,39)/t30-/m0/s1. The molecule has 0 unspecified atom stereocenters. The Bertz CT molecular complexity index is 1520. The Morgan fingerprint density at radius 1 is 0.929 bits per heavy atom. The van der Waals surface area contributed by atoms with E-state index in [4.69, 9.17) is 23.2 Å². The fourth-order valence-electron chi connectivity index (χ4n) is 5.30. The molecule has 3 aromatic carbocycles. The van der Waals surface area contributed by atoms with E-state index in [-0.39, 0.29) is 39.1 Å². The molecule has 0 spiro atoms. The van der Waals surface area contributed by atoms with Gasteiger partial charge in [-0.25, -0.2) is 8.42 Å². The van der Waals surface area contributed by atoms with Crippen LogP contribution in [0.2, 0.25) is 10.0 Å². The van der Waals surface area contributed by atoms with Crippen LogP contribution in [-0.4, -0.2) is 43.8 Å². The first-order valence-corrected chi connectivity index (χ1v) is 16.4. The van der Waals surface area contributed by atoms with Crippen molar-refractivity contribution in [3.63, 3.8) is 0 Å². The molecule has 0 heterocycles. The summed E-state index contributed by atoms with van der Waals surface area (Å²) in [6.45, 7) is 5.29. The second-order valence-electron chi connectivity index (χ2n) is 10.8. The predicted molar refractivity (Wildman–Crippen MR) is 168 cm³/mol. The number of carbonyl (C=O) groups is 2. The summed E-state index contributed by atoms with van der Waals surface area (Å²) in [6, 6.07) is 17.9. The van der Waals surface area contributed by atoms with Crippen molar-refractivity contribution >= 4 is 50.7 Å². The van der Waals surface area contributed by atoms with Crippen LogP contribution >= 0.6 is 23.2 Å². The number of amides is 2. The van der Waals surface area contributed by atoms with E-state index < -0.39 is 28.5 Å². The first-order chi connectivity index (χ1) is 20.0. The van der Waals surface area contributed by atoms with Gasteiger partial charge in [-0.2, -0.15) is 0 Å². The molecule has 10 heteroatoms. The highest BCUT2D eigenvalue weighted by Gasteiger charge is 2.34. The summed E-state index contributed by atoms with van der Waals surface area (Å²) in [4.78, 5) is 29.3. The Hall–Kier alpha value is -3.07. The van der Waals surface area contributed by atoms with Crippen LogP contribution in [0.25, 0.3) is 0 Å². The van der Waals surface area contributed by atoms with Gasteiger partial charge in [0, 0.05) is 12.6 Å². The molecule has 0 saturated heterocycles. The van der Waals surface area contributed by atoms with E-state index in [9.17, 15) is 18.0 Å². The number of nitrogens with one attached hydrogen (secondary N) is 1. The van der Waals surface area contributed by atoms with Gasteiger partial charge < -0.3 is 10.2 Å². The molecule has 7 nitrogen and oxygen atoms in total. The summed E-state index contributed by atoms with van der Waals surface area (Å²) in [5.41, 5.74) is 2.95. The van der Waals surface area contributed by atoms with Crippen LogP contribution in [0.1, 0.15) is 55.7 Å². The monoisotopic (exact) mass is 629 g/mol. The number of halogens is 2. The summed E-state index contributed by atoms with van der Waals surface area (Å²) >= 11 is 12.4. The molecule has 1 saturated carbocycles. The third kappa shape index (κ3) is 7.65. The average molecular weight is 631 g/mol. The first-order valence-electron chi connectivity index (χ1n) is 14.2. The number of carbonyl (C=O) groups excluding carboxylic acids is 2. The normalized spacial score (nSPS) is 14.4. The maximum absolute atomic E-state index is 14.2. The van der Waals surface area contributed by atoms with E-state index in [1.54, 1.807) is 12.1 Å². The third-order valence-electron chi connectivity index (χ3n) is 7.60. The van der Waals surface area contributed by atoms with Crippen LogP contribution in [0.4, 0.5) is 5.69 Å². The highest BCUT2D eigenvalue weighted by Crippen LogP contribution is 2.31. The number of anilines is 1. The van der Waals surface area contributed by atoms with Crippen molar-refractivity contribution in [2.45, 2.75) is 76.4 Å². The number of benzene rings is 3. The molecule has 4 rings (SSSR count). The molecule has 1 atom stereocenters. The van der Waals surface area contributed by atoms with Crippen molar-refractivity contribution in [2.75, 3.05) is 10.8 Å². The molecular weight excluding hydrogens is 593 g/mol. The molecule has 0 bridgehead atoms. The van der Waals surface area contributed by atoms with Crippen LogP contribution in [0.3, 0.4) is 0 Å². The Kier molecular flexibility index (Phi) is 10.6. The number of hydrogen-bond acceptors (Lipinski definition) is 4. The van der Waals surface area contributed by atoms with E-state index in [0.717, 1.165) is 46.7 Å². The van der Waals surface area contributed by atoms with Crippen molar-refractivity contribution in [2.24, 2.45) is 0 Å². The molecular formula is C32H37Cl2N3O4S. The van der Waals surface area contributed by atoms with E-state index >= 15 is 0 Å². The summed E-state index contributed by atoms with van der Waals surface area (Å²) in [6.07, 6.45) is 4.31. The molecule has 0 aliphatic heterocycles. The lowest BCUT2D eigenvalue weighted by Crippen LogP contribution is -2.53. The third-order valence-corrected chi connectivity index (χ3v) is 10.1. The van der Waals surface area contributed by atoms with Crippen LogP contribution in [0.5, 0.6) is 0 Å². The van der Waals surface area contributed by atoms with Crippen molar-refractivity contribution in [3.8, 4) is 0 Å². The first kappa shape index (κ1) is 31.9. The Balaban J connectivity index is 1.73. The lowest BCUT2D eigenvalue weighted by atomic mass is 10.1. The number of nitrogens with zero attached hydrogens (tertiary/aromatic N) is 2. The van der Waals surface area contributed by atoms with E-state index in [1.165, 1.54) is 35.2 Å². The van der Waals surface area contributed by atoms with Gasteiger partial charge in [0.1, 0.15) is 12.6 Å². The highest BCUT2D eigenvalue weighted by molar-refractivity contribution is 7.92. The zero-order valence-electron chi connectivity index (χ0n) is 24.1. The number of hydrogen-bond donors (Lipinski definition) is 1. The number of rotatable bonds is 11. The Labute approximate surface area is 258 Å². The molecule has 0 aromatic heterocycles. The van der Waals surface area contributed by atoms with E-state index in [1.807, 2.05) is 45.0 Å². The minimum Gasteiger partial charge on any atom is -0.352 e. The molecule has 1 aliphatic carbocycles. The van der Waals surface area contributed by atoms with Crippen LogP contribution in [0, 0.1) is 13.8 Å². The van der Waals surface area contributed by atoms with Gasteiger partial charge in [-0.1, -0.05) is 90.5 Å². The number of aryl methyl sites for hydroxylation is 2. The summed E-state index contributed by atoms with van der Waals surface area (Å²) in [5, 5.41) is 3.54. The van der Waals surface area contributed by atoms with Gasteiger partial charge in [-0.3, -0.25) is 13.9 Å². The lowest BCUT2D eigenvalue weighted by molar-refractivity contribution is -0.140. The fraction of sp³-hybridized carbons (Fsp3) is 0.375. The molecule has 1 N–H and O–H groups in total. The molecule has 42 heavy (non-hydrogen) atoms. The number of sulfonamides is 1. The Morgan fingerprint density at radius 3 is 2.24 bits per heavy atom. The maximum atomic E-state index is 14.2. The van der Waals surface area contributed by atoms with Gasteiger partial charge in [0.2, 0.25) is 11.8 Å². The van der Waals surface area contributed by atoms with Crippen molar-refractivity contribution < 1.29 is 18.0 Å². The predicted octanol–water partition coefficient (Wildman–Crippen LogP) is 6.67. The van der Waals surface area contributed by atoms with Gasteiger partial charge in [0.25, 0.3) is 10.0 Å².